The van der Waals surface area contributed by atoms with Crippen LogP contribution in [-0.2, 0) is 4.74 Å². The van der Waals surface area contributed by atoms with Gasteiger partial charge in [-0.15, -0.1) is 0 Å². The van der Waals surface area contributed by atoms with E-state index in [9.17, 15) is 4.89 Å². The first kappa shape index (κ1) is 20.8. The normalized spacial score (nSPS) is 14.5. The third kappa shape index (κ3) is 6.18. The standard InChI is InChI=1S/C15H32N3O2P/c1-12(2)17(13(3)4)21(19)18(14(5)6)15(7,8)20-11-9-10-16/h12-14,19H,9,11H2,1-8H3. The quantitative estimate of drug-likeness (QED) is 0.399. The van der Waals surface area contributed by atoms with Gasteiger partial charge in [0.15, 0.2) is 8.45 Å². The molecule has 0 rings (SSSR count). The van der Waals surface area contributed by atoms with Crippen molar-refractivity contribution in [1.29, 1.82) is 5.26 Å². The van der Waals surface area contributed by atoms with Gasteiger partial charge < -0.3 is 9.63 Å². The highest BCUT2D eigenvalue weighted by molar-refractivity contribution is 7.46. The summed E-state index contributed by atoms with van der Waals surface area (Å²) in [5.74, 6) is 0. The zero-order chi connectivity index (χ0) is 16.8. The Kier molecular flexibility index (Phi) is 8.92. The molecule has 124 valence electrons. The van der Waals surface area contributed by atoms with Gasteiger partial charge in [-0.05, 0) is 55.4 Å². The minimum Gasteiger partial charge on any atom is -0.360 e. The summed E-state index contributed by atoms with van der Waals surface area (Å²) in [6.45, 7) is 16.8. The van der Waals surface area contributed by atoms with Crippen molar-refractivity contribution in [3.05, 3.63) is 0 Å². The Morgan fingerprint density at radius 1 is 1.10 bits per heavy atom. The van der Waals surface area contributed by atoms with Crippen molar-refractivity contribution in [3.63, 3.8) is 0 Å². The van der Waals surface area contributed by atoms with Crippen molar-refractivity contribution in [2.24, 2.45) is 0 Å². The highest BCUT2D eigenvalue weighted by atomic mass is 31.2. The number of hydrogen-bond acceptors (Lipinski definition) is 5. The van der Waals surface area contributed by atoms with Gasteiger partial charge >= 0.3 is 0 Å². The third-order valence-corrected chi connectivity index (χ3v) is 5.83. The number of ether oxygens (including phenoxy) is 1. The highest BCUT2D eigenvalue weighted by Gasteiger charge is 2.39. The molecule has 1 unspecified atom stereocenters. The largest absolute Gasteiger partial charge is 0.360 e. The predicted octanol–water partition coefficient (Wildman–Crippen LogP) is 3.70. The van der Waals surface area contributed by atoms with Gasteiger partial charge in [0.2, 0.25) is 0 Å². The van der Waals surface area contributed by atoms with E-state index in [1.165, 1.54) is 0 Å². The lowest BCUT2D eigenvalue weighted by atomic mass is 10.2. The van der Waals surface area contributed by atoms with E-state index in [1.807, 2.05) is 18.5 Å². The Morgan fingerprint density at radius 3 is 1.90 bits per heavy atom. The predicted molar refractivity (Wildman–Crippen MR) is 88.5 cm³/mol. The lowest BCUT2D eigenvalue weighted by Gasteiger charge is -2.48. The molecule has 21 heavy (non-hydrogen) atoms. The van der Waals surface area contributed by atoms with Gasteiger partial charge in [-0.1, -0.05) is 0 Å². The van der Waals surface area contributed by atoms with E-state index in [1.54, 1.807) is 0 Å². The van der Waals surface area contributed by atoms with Crippen molar-refractivity contribution in [3.8, 4) is 6.07 Å². The van der Waals surface area contributed by atoms with Crippen LogP contribution in [0.3, 0.4) is 0 Å². The maximum absolute atomic E-state index is 10.9. The van der Waals surface area contributed by atoms with Crippen LogP contribution in [-0.4, -0.2) is 44.7 Å². The number of hydrogen-bond donors (Lipinski definition) is 1. The summed E-state index contributed by atoms with van der Waals surface area (Å²) in [4.78, 5) is 10.9. The Labute approximate surface area is 131 Å². The SMILES string of the molecule is CC(C)N(C(C)C)P(O)N(C(C)C)C(C)(C)OCCC#N. The van der Waals surface area contributed by atoms with Crippen LogP contribution in [0.4, 0.5) is 0 Å². The molecule has 1 N–H and O–H groups in total. The number of nitriles is 1. The van der Waals surface area contributed by atoms with E-state index in [-0.39, 0.29) is 18.1 Å². The molecule has 0 heterocycles. The molecule has 6 heteroatoms. The van der Waals surface area contributed by atoms with Crippen LogP contribution >= 0.6 is 8.45 Å². The third-order valence-electron chi connectivity index (χ3n) is 3.17. The molecule has 1 atom stereocenters. The van der Waals surface area contributed by atoms with Crippen LogP contribution in [0.1, 0.15) is 61.8 Å². The summed E-state index contributed by atoms with van der Waals surface area (Å²) >= 11 is 0. The Balaban J connectivity index is 5.23. The van der Waals surface area contributed by atoms with Crippen molar-refractivity contribution in [1.82, 2.24) is 9.34 Å². The smallest absolute Gasteiger partial charge is 0.188 e. The summed E-state index contributed by atoms with van der Waals surface area (Å²) in [5, 5.41) is 8.66. The molecule has 0 aliphatic rings. The van der Waals surface area contributed by atoms with Gasteiger partial charge in [-0.2, -0.15) is 5.26 Å². The first-order valence-corrected chi connectivity index (χ1v) is 8.83. The van der Waals surface area contributed by atoms with Crippen molar-refractivity contribution in [2.75, 3.05) is 6.61 Å². The zero-order valence-electron chi connectivity index (χ0n) is 14.8. The zero-order valence-corrected chi connectivity index (χ0v) is 15.7. The first-order chi connectivity index (χ1) is 9.56. The fraction of sp³-hybridized carbons (Fsp3) is 0.933. The fourth-order valence-electron chi connectivity index (χ4n) is 2.58. The first-order valence-electron chi connectivity index (χ1n) is 7.63. The summed E-state index contributed by atoms with van der Waals surface area (Å²) < 4.78 is 9.99. The molecule has 0 saturated heterocycles. The van der Waals surface area contributed by atoms with Crippen molar-refractivity contribution in [2.45, 2.75) is 85.7 Å². The van der Waals surface area contributed by atoms with Crippen LogP contribution in [0.5, 0.6) is 0 Å². The van der Waals surface area contributed by atoms with Crippen molar-refractivity contribution < 1.29 is 9.63 Å². The lowest BCUT2D eigenvalue weighted by molar-refractivity contribution is -0.106. The molecule has 0 aliphatic carbocycles. The van der Waals surface area contributed by atoms with Crippen LogP contribution in [0.25, 0.3) is 0 Å². The molecule has 0 aliphatic heterocycles. The molecule has 0 radical (unpaired) electrons. The molecule has 0 aromatic rings. The second-order valence-corrected chi connectivity index (χ2v) is 7.91. The molecular weight excluding hydrogens is 285 g/mol. The summed E-state index contributed by atoms with van der Waals surface area (Å²) in [6, 6.07) is 2.72. The van der Waals surface area contributed by atoms with E-state index in [0.29, 0.717) is 13.0 Å². The molecule has 0 spiro atoms. The van der Waals surface area contributed by atoms with Crippen molar-refractivity contribution >= 4 is 8.45 Å². The van der Waals surface area contributed by atoms with Crippen LogP contribution in [0.2, 0.25) is 0 Å². The van der Waals surface area contributed by atoms with E-state index >= 15 is 0 Å². The van der Waals surface area contributed by atoms with Crippen LogP contribution in [0.15, 0.2) is 0 Å². The van der Waals surface area contributed by atoms with Gasteiger partial charge in [-0.25, -0.2) is 9.34 Å². The van der Waals surface area contributed by atoms with Gasteiger partial charge in [-0.3, -0.25) is 0 Å². The van der Waals surface area contributed by atoms with E-state index in [0.717, 1.165) is 0 Å². The minimum atomic E-state index is -1.48. The number of rotatable bonds is 9. The van der Waals surface area contributed by atoms with Gasteiger partial charge in [0.05, 0.1) is 19.1 Å². The molecular formula is C15H32N3O2P. The fourth-order valence-corrected chi connectivity index (χ4v) is 4.53. The van der Waals surface area contributed by atoms with E-state index in [2.05, 4.69) is 52.3 Å². The molecule has 5 nitrogen and oxygen atoms in total. The summed E-state index contributed by atoms with van der Waals surface area (Å²) in [5.41, 5.74) is -0.618. The Hall–Kier alpha value is -0.240. The molecule has 0 amide bonds. The van der Waals surface area contributed by atoms with Gasteiger partial charge in [0.25, 0.3) is 0 Å². The average Bonchev–Trinajstić information content (AvgIpc) is 2.26. The highest BCUT2D eigenvalue weighted by Crippen LogP contribution is 2.49. The topological polar surface area (TPSA) is 59.7 Å². The second kappa shape index (κ2) is 9.02. The van der Waals surface area contributed by atoms with E-state index < -0.39 is 14.2 Å². The number of nitrogens with zero attached hydrogens (tertiary/aromatic N) is 3. The monoisotopic (exact) mass is 317 g/mol. The molecule has 0 saturated carbocycles. The van der Waals surface area contributed by atoms with Gasteiger partial charge in [0, 0.05) is 18.1 Å². The maximum atomic E-state index is 10.9. The molecule has 0 aromatic carbocycles. The van der Waals surface area contributed by atoms with Gasteiger partial charge in [0.1, 0.15) is 5.72 Å². The molecule has 0 fully saturated rings. The lowest BCUT2D eigenvalue weighted by Crippen LogP contribution is -2.50. The second-order valence-electron chi connectivity index (χ2n) is 6.48. The summed E-state index contributed by atoms with van der Waals surface area (Å²) in [6.07, 6.45) is 0.358. The Morgan fingerprint density at radius 2 is 1.57 bits per heavy atom. The molecule has 0 bridgehead atoms. The van der Waals surface area contributed by atoms with Crippen LogP contribution < -0.4 is 0 Å². The summed E-state index contributed by atoms with van der Waals surface area (Å²) in [7, 11) is -1.48. The molecule has 0 aromatic heterocycles. The minimum absolute atomic E-state index is 0.137. The van der Waals surface area contributed by atoms with E-state index in [4.69, 9.17) is 10.00 Å². The average molecular weight is 317 g/mol. The Bertz CT molecular complexity index is 332. The van der Waals surface area contributed by atoms with Crippen LogP contribution in [0, 0.1) is 11.3 Å². The maximum Gasteiger partial charge on any atom is 0.188 e.